The Hall–Kier alpha value is -1.61. The molecule has 0 bridgehead atoms. The lowest BCUT2D eigenvalue weighted by atomic mass is 10.1. The largest absolute Gasteiger partial charge is 0.324 e. The number of benzene rings is 1. The molecule has 3 heteroatoms. The van der Waals surface area contributed by atoms with Crippen molar-refractivity contribution in [3.05, 3.63) is 52.2 Å². The van der Waals surface area contributed by atoms with E-state index in [1.807, 2.05) is 0 Å². The summed E-state index contributed by atoms with van der Waals surface area (Å²) in [6.45, 7) is 3.98. The maximum Gasteiger partial charge on any atom is 0.135 e. The molecule has 1 aliphatic rings. The summed E-state index contributed by atoms with van der Waals surface area (Å²) in [7, 11) is 0. The van der Waals surface area contributed by atoms with E-state index in [2.05, 4.69) is 57.9 Å². The second-order valence-electron chi connectivity index (χ2n) is 4.20. The van der Waals surface area contributed by atoms with Crippen molar-refractivity contribution in [1.29, 1.82) is 0 Å². The highest BCUT2D eigenvalue weighted by molar-refractivity contribution is 7.08. The van der Waals surface area contributed by atoms with Crippen LogP contribution >= 0.6 is 11.3 Å². The van der Waals surface area contributed by atoms with Crippen molar-refractivity contribution in [3.8, 4) is 0 Å². The summed E-state index contributed by atoms with van der Waals surface area (Å²) in [6, 6.07) is 10.7. The molecule has 86 valence electrons. The molecule has 0 radical (unpaired) electrons. The van der Waals surface area contributed by atoms with Crippen molar-refractivity contribution < 1.29 is 0 Å². The standard InChI is InChI=1S/C14H14N2S/c1-11-2-4-12(5-3-11)14-15-7-8-16(14)13-6-9-17-10-13/h2-6,9-10H,7-8H2,1H3. The molecule has 17 heavy (non-hydrogen) atoms. The number of rotatable bonds is 2. The zero-order chi connectivity index (χ0) is 11.7. The third kappa shape index (κ3) is 1.98. The maximum atomic E-state index is 4.62. The van der Waals surface area contributed by atoms with Gasteiger partial charge in [-0.3, -0.25) is 4.99 Å². The molecular formula is C14H14N2S. The fourth-order valence-electron chi connectivity index (χ4n) is 2.06. The van der Waals surface area contributed by atoms with Gasteiger partial charge in [0.15, 0.2) is 0 Å². The molecule has 0 saturated heterocycles. The lowest BCUT2D eigenvalue weighted by Gasteiger charge is -2.19. The van der Waals surface area contributed by atoms with Crippen LogP contribution in [0.15, 0.2) is 46.1 Å². The smallest absolute Gasteiger partial charge is 0.135 e. The highest BCUT2D eigenvalue weighted by Gasteiger charge is 2.20. The summed E-state index contributed by atoms with van der Waals surface area (Å²) in [4.78, 5) is 6.91. The Balaban J connectivity index is 1.94. The van der Waals surface area contributed by atoms with Crippen molar-refractivity contribution in [2.24, 2.45) is 4.99 Å². The van der Waals surface area contributed by atoms with Gasteiger partial charge >= 0.3 is 0 Å². The minimum atomic E-state index is 0.888. The van der Waals surface area contributed by atoms with Gasteiger partial charge in [0.1, 0.15) is 5.84 Å². The lowest BCUT2D eigenvalue weighted by molar-refractivity contribution is 1.02. The third-order valence-corrected chi connectivity index (χ3v) is 3.64. The first-order valence-corrected chi connectivity index (χ1v) is 6.70. The summed E-state index contributed by atoms with van der Waals surface area (Å²) in [6.07, 6.45) is 0. The number of hydrogen-bond donors (Lipinski definition) is 0. The fourth-order valence-corrected chi connectivity index (χ4v) is 2.70. The number of anilines is 1. The average Bonchev–Trinajstić information content (AvgIpc) is 3.00. The topological polar surface area (TPSA) is 15.6 Å². The Bertz CT molecular complexity index is 526. The zero-order valence-electron chi connectivity index (χ0n) is 9.76. The van der Waals surface area contributed by atoms with Gasteiger partial charge in [-0.05, 0) is 18.4 Å². The SMILES string of the molecule is Cc1ccc(C2=NCCN2c2ccsc2)cc1. The molecule has 0 aliphatic carbocycles. The Morgan fingerprint density at radius 1 is 1.18 bits per heavy atom. The molecule has 2 aromatic rings. The van der Waals surface area contributed by atoms with E-state index in [1.54, 1.807) is 11.3 Å². The molecule has 1 aromatic carbocycles. The van der Waals surface area contributed by atoms with Crippen LogP contribution in [0, 0.1) is 6.92 Å². The van der Waals surface area contributed by atoms with E-state index in [4.69, 9.17) is 0 Å². The van der Waals surface area contributed by atoms with Gasteiger partial charge in [0, 0.05) is 17.5 Å². The van der Waals surface area contributed by atoms with Crippen molar-refractivity contribution in [3.63, 3.8) is 0 Å². The van der Waals surface area contributed by atoms with Crippen LogP contribution in [0.3, 0.4) is 0 Å². The van der Waals surface area contributed by atoms with E-state index < -0.39 is 0 Å². The zero-order valence-corrected chi connectivity index (χ0v) is 10.6. The van der Waals surface area contributed by atoms with Crippen LogP contribution < -0.4 is 4.90 Å². The Labute approximate surface area is 105 Å². The summed E-state index contributed by atoms with van der Waals surface area (Å²) < 4.78 is 0. The average molecular weight is 242 g/mol. The molecule has 0 amide bonds. The third-order valence-electron chi connectivity index (χ3n) is 2.97. The van der Waals surface area contributed by atoms with Crippen molar-refractivity contribution >= 4 is 22.9 Å². The molecule has 3 rings (SSSR count). The van der Waals surface area contributed by atoms with Crippen molar-refractivity contribution in [2.75, 3.05) is 18.0 Å². The molecule has 2 heterocycles. The molecule has 0 saturated carbocycles. The predicted molar refractivity (Wildman–Crippen MR) is 74.2 cm³/mol. The number of aryl methyl sites for hydroxylation is 1. The molecule has 0 atom stereocenters. The molecule has 0 spiro atoms. The van der Waals surface area contributed by atoms with Gasteiger partial charge in [0.2, 0.25) is 0 Å². The molecule has 1 aliphatic heterocycles. The molecule has 2 nitrogen and oxygen atoms in total. The van der Waals surface area contributed by atoms with E-state index in [9.17, 15) is 0 Å². The minimum absolute atomic E-state index is 0.888. The molecule has 0 N–H and O–H groups in total. The Morgan fingerprint density at radius 3 is 2.71 bits per heavy atom. The number of aliphatic imine (C=N–C) groups is 1. The normalized spacial score (nSPS) is 15.1. The first kappa shape index (κ1) is 10.5. The maximum absolute atomic E-state index is 4.62. The summed E-state index contributed by atoms with van der Waals surface area (Å²) in [5.74, 6) is 1.10. The van der Waals surface area contributed by atoms with Crippen molar-refractivity contribution in [2.45, 2.75) is 6.92 Å². The molecule has 0 fully saturated rings. The summed E-state index contributed by atoms with van der Waals surface area (Å²) in [5.41, 5.74) is 3.75. The monoisotopic (exact) mass is 242 g/mol. The minimum Gasteiger partial charge on any atom is -0.324 e. The van der Waals surface area contributed by atoms with E-state index >= 15 is 0 Å². The van der Waals surface area contributed by atoms with Gasteiger partial charge < -0.3 is 4.90 Å². The summed E-state index contributed by atoms with van der Waals surface area (Å²) >= 11 is 1.73. The first-order chi connectivity index (χ1) is 8.34. The van der Waals surface area contributed by atoms with Gasteiger partial charge in [0.25, 0.3) is 0 Å². The van der Waals surface area contributed by atoms with E-state index in [0.717, 1.165) is 18.9 Å². The first-order valence-electron chi connectivity index (χ1n) is 5.76. The van der Waals surface area contributed by atoms with Gasteiger partial charge in [0.05, 0.1) is 12.2 Å². The number of hydrogen-bond acceptors (Lipinski definition) is 3. The second-order valence-corrected chi connectivity index (χ2v) is 4.98. The molecule has 1 aromatic heterocycles. The van der Waals surface area contributed by atoms with Crippen LogP contribution in [0.2, 0.25) is 0 Å². The van der Waals surface area contributed by atoms with Crippen LogP contribution in [0.1, 0.15) is 11.1 Å². The molecular weight excluding hydrogens is 228 g/mol. The van der Waals surface area contributed by atoms with E-state index in [1.165, 1.54) is 16.8 Å². The van der Waals surface area contributed by atoms with E-state index in [-0.39, 0.29) is 0 Å². The predicted octanol–water partition coefficient (Wildman–Crippen LogP) is 3.32. The number of nitrogens with zero attached hydrogens (tertiary/aromatic N) is 2. The van der Waals surface area contributed by atoms with Crippen molar-refractivity contribution in [1.82, 2.24) is 0 Å². The fraction of sp³-hybridized carbons (Fsp3) is 0.214. The number of amidine groups is 1. The van der Waals surface area contributed by atoms with E-state index in [0.29, 0.717) is 0 Å². The second kappa shape index (κ2) is 4.34. The molecule has 0 unspecified atom stereocenters. The van der Waals surface area contributed by atoms with Crippen LogP contribution in [-0.2, 0) is 0 Å². The summed E-state index contributed by atoms with van der Waals surface area (Å²) in [5, 5.41) is 4.29. The van der Waals surface area contributed by atoms with Crippen LogP contribution in [-0.4, -0.2) is 18.9 Å². The van der Waals surface area contributed by atoms with Gasteiger partial charge in [-0.2, -0.15) is 11.3 Å². The highest BCUT2D eigenvalue weighted by atomic mass is 32.1. The quantitative estimate of drug-likeness (QED) is 0.788. The van der Waals surface area contributed by atoms with Crippen LogP contribution in [0.25, 0.3) is 0 Å². The Morgan fingerprint density at radius 2 is 2.00 bits per heavy atom. The van der Waals surface area contributed by atoms with Gasteiger partial charge in [-0.25, -0.2) is 0 Å². The highest BCUT2D eigenvalue weighted by Crippen LogP contribution is 2.23. The lowest BCUT2D eigenvalue weighted by Crippen LogP contribution is -2.27. The van der Waals surface area contributed by atoms with Gasteiger partial charge in [-0.1, -0.05) is 29.8 Å². The van der Waals surface area contributed by atoms with Crippen LogP contribution in [0.5, 0.6) is 0 Å². The van der Waals surface area contributed by atoms with Crippen LogP contribution in [0.4, 0.5) is 5.69 Å². The number of thiophene rings is 1. The Kier molecular flexibility index (Phi) is 2.69. The van der Waals surface area contributed by atoms with Gasteiger partial charge in [-0.15, -0.1) is 0 Å².